The van der Waals surface area contributed by atoms with Gasteiger partial charge in [0.2, 0.25) is 0 Å². The van der Waals surface area contributed by atoms with Gasteiger partial charge in [0.1, 0.15) is 11.8 Å². The average Bonchev–Trinajstić information content (AvgIpc) is 2.97. The Balaban J connectivity index is 1.99. The Morgan fingerprint density at radius 2 is 2.05 bits per heavy atom. The van der Waals surface area contributed by atoms with Gasteiger partial charge < -0.3 is 20.1 Å². The van der Waals surface area contributed by atoms with Crippen LogP contribution in [-0.2, 0) is 4.79 Å². The Labute approximate surface area is 123 Å². The largest absolute Gasteiger partial charge is 0.497 e. The SMILES string of the molecule is COc1ccc(C(C)NC(=O)N2CCC[C@@H]2C(=O)O)cc1. The quantitative estimate of drug-likeness (QED) is 0.890. The minimum atomic E-state index is -0.945. The van der Waals surface area contributed by atoms with E-state index in [4.69, 9.17) is 9.84 Å². The molecule has 1 aliphatic rings. The van der Waals surface area contributed by atoms with Crippen LogP contribution >= 0.6 is 0 Å². The summed E-state index contributed by atoms with van der Waals surface area (Å²) in [4.78, 5) is 24.7. The summed E-state index contributed by atoms with van der Waals surface area (Å²) in [5, 5.41) is 11.9. The van der Waals surface area contributed by atoms with Gasteiger partial charge in [0.15, 0.2) is 0 Å². The van der Waals surface area contributed by atoms with Crippen LogP contribution in [0.25, 0.3) is 0 Å². The number of likely N-dealkylation sites (tertiary alicyclic amines) is 1. The maximum atomic E-state index is 12.2. The molecule has 0 bridgehead atoms. The number of nitrogens with one attached hydrogen (secondary N) is 1. The number of carbonyl (C=O) groups excluding carboxylic acids is 1. The van der Waals surface area contributed by atoms with Crippen molar-refractivity contribution < 1.29 is 19.4 Å². The van der Waals surface area contributed by atoms with E-state index >= 15 is 0 Å². The molecule has 114 valence electrons. The third kappa shape index (κ3) is 3.45. The van der Waals surface area contributed by atoms with Crippen LogP contribution in [-0.4, -0.2) is 41.7 Å². The van der Waals surface area contributed by atoms with Crippen LogP contribution < -0.4 is 10.1 Å². The summed E-state index contributed by atoms with van der Waals surface area (Å²) in [5.74, 6) is -0.192. The normalized spacial score (nSPS) is 19.1. The third-order valence-electron chi connectivity index (χ3n) is 3.75. The summed E-state index contributed by atoms with van der Waals surface area (Å²) in [6.45, 7) is 2.35. The van der Waals surface area contributed by atoms with Crippen LogP contribution in [0.1, 0.15) is 31.4 Å². The molecule has 0 aliphatic carbocycles. The van der Waals surface area contributed by atoms with Crippen molar-refractivity contribution >= 4 is 12.0 Å². The zero-order chi connectivity index (χ0) is 15.4. The van der Waals surface area contributed by atoms with Gasteiger partial charge in [0.25, 0.3) is 0 Å². The van der Waals surface area contributed by atoms with Crippen LogP contribution in [0, 0.1) is 0 Å². The summed E-state index contributed by atoms with van der Waals surface area (Å²) in [5.41, 5.74) is 0.940. The van der Waals surface area contributed by atoms with Gasteiger partial charge in [-0.2, -0.15) is 0 Å². The minimum Gasteiger partial charge on any atom is -0.497 e. The topological polar surface area (TPSA) is 78.9 Å². The molecule has 1 fully saturated rings. The van der Waals surface area contributed by atoms with E-state index in [9.17, 15) is 9.59 Å². The first-order valence-electron chi connectivity index (χ1n) is 6.97. The predicted octanol–water partition coefficient (Wildman–Crippen LogP) is 2.01. The number of amides is 2. The molecule has 2 atom stereocenters. The van der Waals surface area contributed by atoms with Crippen LogP contribution in [0.2, 0.25) is 0 Å². The summed E-state index contributed by atoms with van der Waals surface area (Å²) in [6.07, 6.45) is 1.24. The number of rotatable bonds is 4. The second-order valence-corrected chi connectivity index (χ2v) is 5.13. The number of carboxylic acids is 1. The highest BCUT2D eigenvalue weighted by molar-refractivity contribution is 5.83. The monoisotopic (exact) mass is 292 g/mol. The lowest BCUT2D eigenvalue weighted by atomic mass is 10.1. The fourth-order valence-corrected chi connectivity index (χ4v) is 2.51. The average molecular weight is 292 g/mol. The maximum absolute atomic E-state index is 12.2. The molecule has 2 amide bonds. The van der Waals surface area contributed by atoms with Crippen molar-refractivity contribution in [1.29, 1.82) is 0 Å². The van der Waals surface area contributed by atoms with Crippen molar-refractivity contribution in [3.8, 4) is 5.75 Å². The lowest BCUT2D eigenvalue weighted by Crippen LogP contribution is -2.46. The number of aliphatic carboxylic acids is 1. The molecule has 1 aliphatic heterocycles. The Kier molecular flexibility index (Phi) is 4.67. The van der Waals surface area contributed by atoms with Gasteiger partial charge >= 0.3 is 12.0 Å². The van der Waals surface area contributed by atoms with Crippen LogP contribution in [0.5, 0.6) is 5.75 Å². The van der Waals surface area contributed by atoms with Crippen LogP contribution in [0.15, 0.2) is 24.3 Å². The molecule has 0 radical (unpaired) electrons. The van der Waals surface area contributed by atoms with E-state index in [1.165, 1.54) is 4.90 Å². The van der Waals surface area contributed by atoms with E-state index < -0.39 is 12.0 Å². The molecule has 0 spiro atoms. The zero-order valence-corrected chi connectivity index (χ0v) is 12.2. The molecule has 0 saturated carbocycles. The number of ether oxygens (including phenoxy) is 1. The first-order chi connectivity index (χ1) is 10.0. The van der Waals surface area contributed by atoms with Gasteiger partial charge in [0, 0.05) is 6.54 Å². The van der Waals surface area contributed by atoms with E-state index in [-0.39, 0.29) is 12.1 Å². The molecule has 1 unspecified atom stereocenters. The smallest absolute Gasteiger partial charge is 0.326 e. The van der Waals surface area contributed by atoms with Crippen LogP contribution in [0.3, 0.4) is 0 Å². The summed E-state index contributed by atoms with van der Waals surface area (Å²) in [6, 6.07) is 6.17. The molecule has 6 heteroatoms. The number of carboxylic acid groups (broad SMARTS) is 1. The van der Waals surface area contributed by atoms with Gasteiger partial charge in [-0.1, -0.05) is 12.1 Å². The molecule has 1 saturated heterocycles. The molecule has 1 heterocycles. The van der Waals surface area contributed by atoms with E-state index in [2.05, 4.69) is 5.32 Å². The van der Waals surface area contributed by atoms with Gasteiger partial charge in [-0.15, -0.1) is 0 Å². The molecule has 21 heavy (non-hydrogen) atoms. The summed E-state index contributed by atoms with van der Waals surface area (Å²) in [7, 11) is 1.60. The highest BCUT2D eigenvalue weighted by atomic mass is 16.5. The van der Waals surface area contributed by atoms with Crippen molar-refractivity contribution in [3.05, 3.63) is 29.8 Å². The number of hydrogen-bond donors (Lipinski definition) is 2. The molecule has 0 aromatic heterocycles. The van der Waals surface area contributed by atoms with Crippen molar-refractivity contribution in [3.63, 3.8) is 0 Å². The number of urea groups is 1. The molecular formula is C15H20N2O4. The number of hydrogen-bond acceptors (Lipinski definition) is 3. The number of methoxy groups -OCH3 is 1. The second-order valence-electron chi connectivity index (χ2n) is 5.13. The lowest BCUT2D eigenvalue weighted by molar-refractivity contribution is -0.141. The summed E-state index contributed by atoms with van der Waals surface area (Å²) >= 11 is 0. The third-order valence-corrected chi connectivity index (χ3v) is 3.75. The van der Waals surface area contributed by atoms with Crippen molar-refractivity contribution in [2.45, 2.75) is 31.8 Å². The van der Waals surface area contributed by atoms with Gasteiger partial charge in [-0.25, -0.2) is 9.59 Å². The van der Waals surface area contributed by atoms with Gasteiger partial charge in [-0.05, 0) is 37.5 Å². The fraction of sp³-hybridized carbons (Fsp3) is 0.467. The number of benzene rings is 1. The molecule has 1 aromatic carbocycles. The molecule has 2 rings (SSSR count). The summed E-state index contributed by atoms with van der Waals surface area (Å²) < 4.78 is 5.09. The Morgan fingerprint density at radius 3 is 2.62 bits per heavy atom. The fourth-order valence-electron chi connectivity index (χ4n) is 2.51. The molecule has 1 aromatic rings. The zero-order valence-electron chi connectivity index (χ0n) is 12.2. The van der Waals surface area contributed by atoms with E-state index in [0.29, 0.717) is 13.0 Å². The maximum Gasteiger partial charge on any atom is 0.326 e. The Morgan fingerprint density at radius 1 is 1.38 bits per heavy atom. The van der Waals surface area contributed by atoms with Crippen LogP contribution in [0.4, 0.5) is 4.79 Å². The standard InChI is InChI=1S/C15H20N2O4/c1-10(11-5-7-12(21-2)8-6-11)16-15(20)17-9-3-4-13(17)14(18)19/h5-8,10,13H,3-4,9H2,1-2H3,(H,16,20)(H,18,19)/t10?,13-/m1/s1. The highest BCUT2D eigenvalue weighted by Crippen LogP contribution is 2.20. The van der Waals surface area contributed by atoms with Crippen molar-refractivity contribution in [1.82, 2.24) is 10.2 Å². The lowest BCUT2D eigenvalue weighted by Gasteiger charge is -2.24. The minimum absolute atomic E-state index is 0.196. The second kappa shape index (κ2) is 6.47. The number of carbonyl (C=O) groups is 2. The highest BCUT2D eigenvalue weighted by Gasteiger charge is 2.34. The van der Waals surface area contributed by atoms with Gasteiger partial charge in [0.05, 0.1) is 13.2 Å². The molecular weight excluding hydrogens is 272 g/mol. The first kappa shape index (κ1) is 15.2. The Bertz CT molecular complexity index is 515. The van der Waals surface area contributed by atoms with Gasteiger partial charge in [-0.3, -0.25) is 0 Å². The predicted molar refractivity (Wildman–Crippen MR) is 77.3 cm³/mol. The van der Waals surface area contributed by atoms with Crippen molar-refractivity contribution in [2.75, 3.05) is 13.7 Å². The number of nitrogens with zero attached hydrogens (tertiary/aromatic N) is 1. The first-order valence-corrected chi connectivity index (χ1v) is 6.97. The van der Waals surface area contributed by atoms with E-state index in [1.54, 1.807) is 7.11 Å². The van der Waals surface area contributed by atoms with E-state index in [0.717, 1.165) is 17.7 Å². The Hall–Kier alpha value is -2.24. The molecule has 2 N–H and O–H groups in total. The molecule has 6 nitrogen and oxygen atoms in total. The van der Waals surface area contributed by atoms with E-state index in [1.807, 2.05) is 31.2 Å². The van der Waals surface area contributed by atoms with Crippen molar-refractivity contribution in [2.24, 2.45) is 0 Å².